The summed E-state index contributed by atoms with van der Waals surface area (Å²) in [6, 6.07) is 13.2. The molecule has 2 aromatic rings. The fraction of sp³-hybridized carbons (Fsp3) is 0.333. The molecule has 1 N–H and O–H groups in total. The number of hydrogen-bond donors (Lipinski definition) is 1. The summed E-state index contributed by atoms with van der Waals surface area (Å²) in [6.07, 6.45) is 0.186. The standard InChI is InChI=1S/C21H23FN2O3/c1-14(2)15-6-8-19(9-7-15)27-13-20(25)23-17-11-21(26)24(12-17)18-5-3-4-16(22)10-18/h3-10,14,17H,11-13H2,1-2H3,(H,23,25)/t17-/m1/s1. The highest BCUT2D eigenvalue weighted by atomic mass is 19.1. The first kappa shape index (κ1) is 18.9. The predicted octanol–water partition coefficient (Wildman–Crippen LogP) is 3.25. The highest BCUT2D eigenvalue weighted by molar-refractivity contribution is 5.96. The summed E-state index contributed by atoms with van der Waals surface area (Å²) in [7, 11) is 0. The minimum atomic E-state index is -0.398. The Hall–Kier alpha value is -2.89. The van der Waals surface area contributed by atoms with Crippen molar-refractivity contribution in [2.45, 2.75) is 32.2 Å². The molecule has 2 amide bonds. The molecule has 1 atom stereocenters. The number of carbonyl (C=O) groups excluding carboxylic acids is 2. The number of carbonyl (C=O) groups is 2. The van der Waals surface area contributed by atoms with Crippen molar-refractivity contribution in [3.05, 3.63) is 59.9 Å². The number of amides is 2. The number of nitrogens with zero attached hydrogens (tertiary/aromatic N) is 1. The van der Waals surface area contributed by atoms with Crippen LogP contribution in [-0.4, -0.2) is 31.0 Å². The number of hydrogen-bond acceptors (Lipinski definition) is 3. The van der Waals surface area contributed by atoms with Crippen LogP contribution in [-0.2, 0) is 9.59 Å². The maximum Gasteiger partial charge on any atom is 0.258 e. The topological polar surface area (TPSA) is 58.6 Å². The molecule has 27 heavy (non-hydrogen) atoms. The molecule has 0 spiro atoms. The third-order valence-corrected chi connectivity index (χ3v) is 4.53. The van der Waals surface area contributed by atoms with Crippen LogP contribution in [0.25, 0.3) is 0 Å². The van der Waals surface area contributed by atoms with Gasteiger partial charge in [0, 0.05) is 18.7 Å². The van der Waals surface area contributed by atoms with Gasteiger partial charge in [-0.15, -0.1) is 0 Å². The van der Waals surface area contributed by atoms with Gasteiger partial charge in [0.05, 0.1) is 6.04 Å². The van der Waals surface area contributed by atoms with E-state index in [9.17, 15) is 14.0 Å². The summed E-state index contributed by atoms with van der Waals surface area (Å²) < 4.78 is 18.9. The Kier molecular flexibility index (Phi) is 5.74. The molecule has 6 heteroatoms. The van der Waals surface area contributed by atoms with Crippen LogP contribution in [0.2, 0.25) is 0 Å². The lowest BCUT2D eigenvalue weighted by Crippen LogP contribution is -2.39. The van der Waals surface area contributed by atoms with E-state index in [0.29, 0.717) is 23.9 Å². The highest BCUT2D eigenvalue weighted by Crippen LogP contribution is 2.22. The van der Waals surface area contributed by atoms with Crippen LogP contribution in [0.15, 0.2) is 48.5 Å². The third-order valence-electron chi connectivity index (χ3n) is 4.53. The van der Waals surface area contributed by atoms with Crippen molar-refractivity contribution in [3.63, 3.8) is 0 Å². The lowest BCUT2D eigenvalue weighted by molar-refractivity contribution is -0.123. The first-order valence-electron chi connectivity index (χ1n) is 9.00. The van der Waals surface area contributed by atoms with Crippen LogP contribution >= 0.6 is 0 Å². The summed E-state index contributed by atoms with van der Waals surface area (Å²) in [5.41, 5.74) is 1.70. The van der Waals surface area contributed by atoms with E-state index in [4.69, 9.17) is 4.74 Å². The number of rotatable bonds is 6. The molecule has 0 aromatic heterocycles. The second-order valence-corrected chi connectivity index (χ2v) is 6.97. The lowest BCUT2D eigenvalue weighted by Gasteiger charge is -2.17. The van der Waals surface area contributed by atoms with Crippen LogP contribution in [0.4, 0.5) is 10.1 Å². The SMILES string of the molecule is CC(C)c1ccc(OCC(=O)N[C@@H]2CC(=O)N(c3cccc(F)c3)C2)cc1. The zero-order chi connectivity index (χ0) is 19.4. The average Bonchev–Trinajstić information content (AvgIpc) is 3.00. The van der Waals surface area contributed by atoms with E-state index >= 15 is 0 Å². The molecular weight excluding hydrogens is 347 g/mol. The number of ether oxygens (including phenoxy) is 1. The maximum atomic E-state index is 13.4. The largest absolute Gasteiger partial charge is 0.484 e. The molecule has 0 bridgehead atoms. The van der Waals surface area contributed by atoms with E-state index < -0.39 is 5.82 Å². The summed E-state index contributed by atoms with van der Waals surface area (Å²) in [6.45, 7) is 4.42. The van der Waals surface area contributed by atoms with Crippen molar-refractivity contribution in [2.75, 3.05) is 18.1 Å². The second-order valence-electron chi connectivity index (χ2n) is 6.97. The van der Waals surface area contributed by atoms with Crippen molar-refractivity contribution in [3.8, 4) is 5.75 Å². The molecule has 142 valence electrons. The van der Waals surface area contributed by atoms with Gasteiger partial charge in [0.15, 0.2) is 6.61 Å². The normalized spacial score (nSPS) is 16.7. The molecule has 0 aliphatic carbocycles. The van der Waals surface area contributed by atoms with Gasteiger partial charge >= 0.3 is 0 Å². The van der Waals surface area contributed by atoms with E-state index in [1.807, 2.05) is 24.3 Å². The minimum absolute atomic E-state index is 0.119. The van der Waals surface area contributed by atoms with E-state index in [1.54, 1.807) is 12.1 Å². The maximum absolute atomic E-state index is 13.4. The first-order valence-corrected chi connectivity index (χ1v) is 9.00. The quantitative estimate of drug-likeness (QED) is 0.849. The van der Waals surface area contributed by atoms with Crippen LogP contribution in [0, 0.1) is 5.82 Å². The Morgan fingerprint density at radius 3 is 2.67 bits per heavy atom. The van der Waals surface area contributed by atoms with Gasteiger partial charge in [-0.1, -0.05) is 32.0 Å². The molecule has 1 saturated heterocycles. The average molecular weight is 370 g/mol. The van der Waals surface area contributed by atoms with Gasteiger partial charge in [-0.2, -0.15) is 0 Å². The third kappa shape index (κ3) is 4.84. The van der Waals surface area contributed by atoms with E-state index in [2.05, 4.69) is 19.2 Å². The Bertz CT molecular complexity index is 820. The highest BCUT2D eigenvalue weighted by Gasteiger charge is 2.31. The number of nitrogens with one attached hydrogen (secondary N) is 1. The zero-order valence-corrected chi connectivity index (χ0v) is 15.4. The van der Waals surface area contributed by atoms with Crippen LogP contribution in [0.5, 0.6) is 5.75 Å². The summed E-state index contributed by atoms with van der Waals surface area (Å²) in [4.78, 5) is 25.8. The smallest absolute Gasteiger partial charge is 0.258 e. The Balaban J connectivity index is 1.50. The fourth-order valence-electron chi connectivity index (χ4n) is 3.06. The molecule has 1 fully saturated rings. The molecule has 0 saturated carbocycles. The Morgan fingerprint density at radius 1 is 1.26 bits per heavy atom. The predicted molar refractivity (Wildman–Crippen MR) is 101 cm³/mol. The molecule has 3 rings (SSSR count). The van der Waals surface area contributed by atoms with E-state index in [1.165, 1.54) is 22.6 Å². The van der Waals surface area contributed by atoms with Gasteiger partial charge in [-0.25, -0.2) is 4.39 Å². The number of anilines is 1. The molecule has 0 radical (unpaired) electrons. The van der Waals surface area contributed by atoms with Crippen LogP contribution < -0.4 is 15.0 Å². The van der Waals surface area contributed by atoms with Gasteiger partial charge in [-0.05, 0) is 41.8 Å². The monoisotopic (exact) mass is 370 g/mol. The molecular formula is C21H23FN2O3. The number of halogens is 1. The van der Waals surface area contributed by atoms with Crippen molar-refractivity contribution >= 4 is 17.5 Å². The molecule has 1 aliphatic heterocycles. The molecule has 1 heterocycles. The van der Waals surface area contributed by atoms with E-state index in [-0.39, 0.29) is 30.9 Å². The molecule has 5 nitrogen and oxygen atoms in total. The number of benzene rings is 2. The van der Waals surface area contributed by atoms with Crippen molar-refractivity contribution in [1.29, 1.82) is 0 Å². The second kappa shape index (κ2) is 8.20. The summed E-state index contributed by atoms with van der Waals surface area (Å²) in [5, 5.41) is 2.80. The zero-order valence-electron chi connectivity index (χ0n) is 15.4. The van der Waals surface area contributed by atoms with Crippen LogP contribution in [0.3, 0.4) is 0 Å². The van der Waals surface area contributed by atoms with Crippen molar-refractivity contribution in [1.82, 2.24) is 5.32 Å². The Labute approximate surface area is 158 Å². The van der Waals surface area contributed by atoms with Crippen LogP contribution in [0.1, 0.15) is 31.7 Å². The van der Waals surface area contributed by atoms with E-state index in [0.717, 1.165) is 0 Å². The molecule has 0 unspecified atom stereocenters. The van der Waals surface area contributed by atoms with Gasteiger partial charge in [0.25, 0.3) is 5.91 Å². The van der Waals surface area contributed by atoms with Gasteiger partial charge in [0.2, 0.25) is 5.91 Å². The lowest BCUT2D eigenvalue weighted by atomic mass is 10.0. The van der Waals surface area contributed by atoms with Gasteiger partial charge in [0.1, 0.15) is 11.6 Å². The Morgan fingerprint density at radius 2 is 2.00 bits per heavy atom. The minimum Gasteiger partial charge on any atom is -0.484 e. The first-order chi connectivity index (χ1) is 12.9. The van der Waals surface area contributed by atoms with Gasteiger partial charge in [-0.3, -0.25) is 9.59 Å². The fourth-order valence-corrected chi connectivity index (χ4v) is 3.06. The summed E-state index contributed by atoms with van der Waals surface area (Å²) >= 11 is 0. The molecule has 1 aliphatic rings. The van der Waals surface area contributed by atoms with Gasteiger partial charge < -0.3 is 15.0 Å². The molecule has 2 aromatic carbocycles. The van der Waals surface area contributed by atoms with Crippen molar-refractivity contribution in [2.24, 2.45) is 0 Å². The summed E-state index contributed by atoms with van der Waals surface area (Å²) in [5.74, 6) is 0.226. The van der Waals surface area contributed by atoms with Crippen molar-refractivity contribution < 1.29 is 18.7 Å².